The van der Waals surface area contributed by atoms with Gasteiger partial charge in [-0.3, -0.25) is 0 Å². The fraction of sp³-hybridized carbons (Fsp3) is 0.600. The van der Waals surface area contributed by atoms with Crippen LogP contribution < -0.4 is 10.1 Å². The number of ether oxygens (including phenoxy) is 1. The smallest absolute Gasteiger partial charge is 0.126 e. The molecule has 0 spiro atoms. The van der Waals surface area contributed by atoms with Crippen molar-refractivity contribution in [2.24, 2.45) is 0 Å². The number of rotatable bonds is 2. The quantitative estimate of drug-likeness (QED) is 0.869. The van der Waals surface area contributed by atoms with E-state index >= 15 is 0 Å². The summed E-state index contributed by atoms with van der Waals surface area (Å²) in [7, 11) is 0. The zero-order chi connectivity index (χ0) is 12.5. The summed E-state index contributed by atoms with van der Waals surface area (Å²) in [6.45, 7) is 1.78. The van der Waals surface area contributed by atoms with Gasteiger partial charge in [0, 0.05) is 12.1 Å². The van der Waals surface area contributed by atoms with Crippen LogP contribution in [0, 0.1) is 12.7 Å². The Hall–Kier alpha value is -1.09. The average Bonchev–Trinajstić information content (AvgIpc) is 2.33. The number of nitrogens with one attached hydrogen (secondary N) is 1. The number of benzene rings is 1. The molecule has 2 saturated heterocycles. The molecule has 3 rings (SSSR count). The maximum atomic E-state index is 13.2. The van der Waals surface area contributed by atoms with Crippen molar-refractivity contribution in [3.8, 4) is 5.75 Å². The molecule has 2 aliphatic rings. The summed E-state index contributed by atoms with van der Waals surface area (Å²) in [4.78, 5) is 0. The van der Waals surface area contributed by atoms with Gasteiger partial charge in [-0.05, 0) is 56.4 Å². The number of halogens is 1. The molecule has 98 valence electrons. The van der Waals surface area contributed by atoms with Gasteiger partial charge in [0.15, 0.2) is 0 Å². The third-order valence-corrected chi connectivity index (χ3v) is 4.10. The molecular weight excluding hydrogens is 229 g/mol. The van der Waals surface area contributed by atoms with Gasteiger partial charge in [-0.1, -0.05) is 6.42 Å². The Bertz CT molecular complexity index is 423. The highest BCUT2D eigenvalue weighted by atomic mass is 19.1. The first-order chi connectivity index (χ1) is 8.70. The van der Waals surface area contributed by atoms with Crippen LogP contribution in [-0.4, -0.2) is 18.2 Å². The molecule has 0 aromatic heterocycles. The third kappa shape index (κ3) is 2.51. The maximum absolute atomic E-state index is 13.2. The van der Waals surface area contributed by atoms with Crippen LogP contribution in [0.4, 0.5) is 4.39 Å². The average molecular weight is 249 g/mol. The van der Waals surface area contributed by atoms with Crippen LogP contribution in [0.2, 0.25) is 0 Å². The summed E-state index contributed by atoms with van der Waals surface area (Å²) in [5.41, 5.74) is 0.654. The first-order valence-electron chi connectivity index (χ1n) is 6.89. The number of aryl methyl sites for hydroxylation is 1. The Labute approximate surface area is 108 Å². The van der Waals surface area contributed by atoms with Crippen molar-refractivity contribution in [3.63, 3.8) is 0 Å². The molecular formula is C15H20FNO. The van der Waals surface area contributed by atoms with Crippen molar-refractivity contribution in [2.75, 3.05) is 0 Å². The Morgan fingerprint density at radius 3 is 2.61 bits per heavy atom. The molecule has 0 radical (unpaired) electrons. The Morgan fingerprint density at radius 2 is 1.94 bits per heavy atom. The van der Waals surface area contributed by atoms with Gasteiger partial charge >= 0.3 is 0 Å². The van der Waals surface area contributed by atoms with Crippen LogP contribution >= 0.6 is 0 Å². The summed E-state index contributed by atoms with van der Waals surface area (Å²) in [5, 5.41) is 3.65. The number of fused-ring (bicyclic) bond motifs is 2. The largest absolute Gasteiger partial charge is 0.490 e. The highest BCUT2D eigenvalue weighted by Gasteiger charge is 2.32. The normalized spacial score (nSPS) is 31.1. The maximum Gasteiger partial charge on any atom is 0.126 e. The molecule has 0 saturated carbocycles. The van der Waals surface area contributed by atoms with Gasteiger partial charge in [0.05, 0.1) is 0 Å². The lowest BCUT2D eigenvalue weighted by Crippen LogP contribution is -2.51. The van der Waals surface area contributed by atoms with Gasteiger partial charge in [0.2, 0.25) is 0 Å². The van der Waals surface area contributed by atoms with E-state index in [0.29, 0.717) is 17.6 Å². The number of hydrogen-bond acceptors (Lipinski definition) is 2. The van der Waals surface area contributed by atoms with Crippen molar-refractivity contribution in [1.82, 2.24) is 5.32 Å². The summed E-state index contributed by atoms with van der Waals surface area (Å²) >= 11 is 0. The van der Waals surface area contributed by atoms with E-state index in [-0.39, 0.29) is 11.9 Å². The standard InChI is InChI=1S/C15H20FNO/c1-10-7-13(5-6-15(10)16)18-14-8-11-3-2-4-12(9-14)17-11/h5-7,11-12,14,17H,2-4,8-9H2,1H3/t11-,12+,14-. The Kier molecular flexibility index (Phi) is 3.25. The molecule has 2 aliphatic heterocycles. The predicted molar refractivity (Wildman–Crippen MR) is 69.3 cm³/mol. The zero-order valence-corrected chi connectivity index (χ0v) is 10.8. The molecule has 0 unspecified atom stereocenters. The fourth-order valence-corrected chi connectivity index (χ4v) is 3.19. The van der Waals surface area contributed by atoms with E-state index in [1.54, 1.807) is 19.1 Å². The van der Waals surface area contributed by atoms with Crippen LogP contribution in [0.3, 0.4) is 0 Å². The van der Waals surface area contributed by atoms with Crippen molar-refractivity contribution < 1.29 is 9.13 Å². The number of piperidine rings is 2. The van der Waals surface area contributed by atoms with Gasteiger partial charge in [0.1, 0.15) is 17.7 Å². The van der Waals surface area contributed by atoms with E-state index in [1.165, 1.54) is 25.3 Å². The van der Waals surface area contributed by atoms with Gasteiger partial charge < -0.3 is 10.1 Å². The first-order valence-corrected chi connectivity index (χ1v) is 6.89. The molecule has 1 aromatic carbocycles. The van der Waals surface area contributed by atoms with Crippen LogP contribution in [0.1, 0.15) is 37.7 Å². The SMILES string of the molecule is Cc1cc(O[C@@H]2C[C@H]3CCC[C@@H](C2)N3)ccc1F. The van der Waals surface area contributed by atoms with Crippen LogP contribution in [-0.2, 0) is 0 Å². The molecule has 1 aromatic rings. The highest BCUT2D eigenvalue weighted by molar-refractivity contribution is 5.29. The van der Waals surface area contributed by atoms with E-state index in [4.69, 9.17) is 4.74 Å². The third-order valence-electron chi connectivity index (χ3n) is 4.10. The van der Waals surface area contributed by atoms with E-state index in [1.807, 2.05) is 0 Å². The lowest BCUT2D eigenvalue weighted by Gasteiger charge is -2.40. The molecule has 0 amide bonds. The highest BCUT2D eigenvalue weighted by Crippen LogP contribution is 2.29. The van der Waals surface area contributed by atoms with Crippen molar-refractivity contribution in [2.45, 2.75) is 57.2 Å². The van der Waals surface area contributed by atoms with Gasteiger partial charge in [-0.2, -0.15) is 0 Å². The van der Waals surface area contributed by atoms with Gasteiger partial charge in [-0.15, -0.1) is 0 Å². The molecule has 3 heteroatoms. The lowest BCUT2D eigenvalue weighted by atomic mass is 9.85. The van der Waals surface area contributed by atoms with Crippen molar-refractivity contribution in [3.05, 3.63) is 29.6 Å². The Morgan fingerprint density at radius 1 is 1.22 bits per heavy atom. The van der Waals surface area contributed by atoms with E-state index in [9.17, 15) is 4.39 Å². The summed E-state index contributed by atoms with van der Waals surface area (Å²) in [5.74, 6) is 0.642. The van der Waals surface area contributed by atoms with Crippen LogP contribution in [0.25, 0.3) is 0 Å². The fourth-order valence-electron chi connectivity index (χ4n) is 3.19. The molecule has 2 nitrogen and oxygen atoms in total. The molecule has 2 heterocycles. The minimum Gasteiger partial charge on any atom is -0.490 e. The first kappa shape index (κ1) is 12.0. The Balaban J connectivity index is 1.67. The molecule has 18 heavy (non-hydrogen) atoms. The monoisotopic (exact) mass is 249 g/mol. The summed E-state index contributed by atoms with van der Waals surface area (Å²) < 4.78 is 19.2. The second kappa shape index (κ2) is 4.88. The van der Waals surface area contributed by atoms with E-state index < -0.39 is 0 Å². The predicted octanol–water partition coefficient (Wildman–Crippen LogP) is 3.19. The van der Waals surface area contributed by atoms with Gasteiger partial charge in [0.25, 0.3) is 0 Å². The summed E-state index contributed by atoms with van der Waals surface area (Å²) in [6, 6.07) is 6.26. The van der Waals surface area contributed by atoms with E-state index in [2.05, 4.69) is 5.32 Å². The van der Waals surface area contributed by atoms with Crippen LogP contribution in [0.5, 0.6) is 5.75 Å². The molecule has 2 fully saturated rings. The second-order valence-corrected chi connectivity index (χ2v) is 5.61. The number of hydrogen-bond donors (Lipinski definition) is 1. The van der Waals surface area contributed by atoms with E-state index in [0.717, 1.165) is 18.6 Å². The summed E-state index contributed by atoms with van der Waals surface area (Å²) in [6.07, 6.45) is 6.30. The topological polar surface area (TPSA) is 21.3 Å². The lowest BCUT2D eigenvalue weighted by molar-refractivity contribution is 0.0926. The van der Waals surface area contributed by atoms with Crippen molar-refractivity contribution in [1.29, 1.82) is 0 Å². The minimum absolute atomic E-state index is 0.162. The van der Waals surface area contributed by atoms with Crippen LogP contribution in [0.15, 0.2) is 18.2 Å². The molecule has 2 bridgehead atoms. The molecule has 3 atom stereocenters. The minimum atomic E-state index is -0.162. The second-order valence-electron chi connectivity index (χ2n) is 5.61. The zero-order valence-electron chi connectivity index (χ0n) is 10.8. The van der Waals surface area contributed by atoms with Crippen molar-refractivity contribution >= 4 is 0 Å². The van der Waals surface area contributed by atoms with Gasteiger partial charge in [-0.25, -0.2) is 4.39 Å². The molecule has 1 N–H and O–H groups in total. The molecule has 0 aliphatic carbocycles.